The van der Waals surface area contributed by atoms with E-state index in [1.54, 1.807) is 60.7 Å². The second-order valence-corrected chi connectivity index (χ2v) is 9.67. The molecular weight excluding hydrogens is 478 g/mol. The van der Waals surface area contributed by atoms with Crippen LogP contribution in [0, 0.1) is 0 Å². The van der Waals surface area contributed by atoms with Gasteiger partial charge >= 0.3 is 5.91 Å². The number of sulfonamides is 1. The first-order chi connectivity index (χ1) is 16.4. The molecule has 0 spiro atoms. The Hall–Kier alpha value is -3.82. The van der Waals surface area contributed by atoms with E-state index >= 15 is 0 Å². The molecule has 1 atom stereocenters. The van der Waals surface area contributed by atoms with Crippen molar-refractivity contribution in [2.24, 2.45) is 5.10 Å². The van der Waals surface area contributed by atoms with Crippen molar-refractivity contribution in [3.05, 3.63) is 107 Å². The number of furan rings is 2. The van der Waals surface area contributed by atoms with Crippen molar-refractivity contribution in [3.8, 4) is 0 Å². The lowest BCUT2D eigenvalue weighted by Gasteiger charge is -2.18. The molecule has 3 heterocycles. The molecule has 2 aromatic carbocycles. The Morgan fingerprint density at radius 2 is 1.79 bits per heavy atom. The van der Waals surface area contributed by atoms with Crippen LogP contribution < -0.4 is 4.72 Å². The Bertz CT molecular complexity index is 1460. The average molecular weight is 496 g/mol. The maximum Gasteiger partial charge on any atom is 0.310 e. The maximum absolute atomic E-state index is 13.0. The van der Waals surface area contributed by atoms with E-state index in [0.29, 0.717) is 34.2 Å². The number of anilines is 1. The molecule has 5 rings (SSSR count). The van der Waals surface area contributed by atoms with Crippen LogP contribution in [0.25, 0.3) is 0 Å². The molecule has 0 saturated heterocycles. The van der Waals surface area contributed by atoms with E-state index in [9.17, 15) is 13.2 Å². The van der Waals surface area contributed by atoms with Gasteiger partial charge in [0.1, 0.15) is 11.8 Å². The van der Waals surface area contributed by atoms with Crippen LogP contribution in [0.2, 0.25) is 5.02 Å². The number of hydrogen-bond acceptors (Lipinski definition) is 6. The first kappa shape index (κ1) is 22.0. The fraction of sp³-hybridized carbons (Fsp3) is 0.0833. The monoisotopic (exact) mass is 495 g/mol. The lowest BCUT2D eigenvalue weighted by Crippen LogP contribution is -2.26. The van der Waals surface area contributed by atoms with Gasteiger partial charge in [-0.25, -0.2) is 13.4 Å². The highest BCUT2D eigenvalue weighted by Gasteiger charge is 2.36. The fourth-order valence-electron chi connectivity index (χ4n) is 3.70. The maximum atomic E-state index is 13.0. The molecule has 0 aliphatic carbocycles. The normalized spacial score (nSPS) is 15.9. The van der Waals surface area contributed by atoms with E-state index in [1.807, 2.05) is 0 Å². The van der Waals surface area contributed by atoms with E-state index in [-0.39, 0.29) is 10.7 Å². The van der Waals surface area contributed by atoms with Gasteiger partial charge in [0.05, 0.1) is 23.1 Å². The fourth-order valence-corrected chi connectivity index (χ4v) is 5.05. The van der Waals surface area contributed by atoms with Crippen LogP contribution in [0.5, 0.6) is 0 Å². The quantitative estimate of drug-likeness (QED) is 0.390. The van der Waals surface area contributed by atoms with Crippen molar-refractivity contribution in [2.75, 3.05) is 4.72 Å². The third kappa shape index (κ3) is 4.35. The molecule has 10 heteroatoms. The summed E-state index contributed by atoms with van der Waals surface area (Å²) in [5.74, 6) is 0.334. The van der Waals surface area contributed by atoms with Gasteiger partial charge in [-0.2, -0.15) is 5.10 Å². The summed E-state index contributed by atoms with van der Waals surface area (Å²) in [4.78, 5) is 13.1. The van der Waals surface area contributed by atoms with Gasteiger partial charge in [0.25, 0.3) is 10.0 Å². The molecule has 1 aliphatic heterocycles. The SMILES string of the molecule is O=C(c1ccco1)N1N=C(c2cccc(NS(=O)(=O)c3cccc(Cl)c3)c2)C[C@@H]1c1ccco1. The highest BCUT2D eigenvalue weighted by molar-refractivity contribution is 7.92. The minimum absolute atomic E-state index is 0.0525. The van der Waals surface area contributed by atoms with Gasteiger partial charge in [0, 0.05) is 17.1 Å². The van der Waals surface area contributed by atoms with Gasteiger partial charge in [-0.05, 0) is 60.2 Å². The van der Waals surface area contributed by atoms with Crippen LogP contribution in [0.15, 0.2) is 104 Å². The number of nitrogens with one attached hydrogen (secondary N) is 1. The van der Waals surface area contributed by atoms with Gasteiger partial charge in [-0.1, -0.05) is 29.8 Å². The van der Waals surface area contributed by atoms with Crippen LogP contribution >= 0.6 is 11.6 Å². The van der Waals surface area contributed by atoms with Crippen molar-refractivity contribution in [2.45, 2.75) is 17.4 Å². The predicted octanol–water partition coefficient (Wildman–Crippen LogP) is 5.32. The Morgan fingerprint density at radius 1 is 1.00 bits per heavy atom. The second-order valence-electron chi connectivity index (χ2n) is 7.55. The lowest BCUT2D eigenvalue weighted by atomic mass is 10.0. The molecule has 1 aliphatic rings. The summed E-state index contributed by atoms with van der Waals surface area (Å²) in [5.41, 5.74) is 1.62. The zero-order valence-corrected chi connectivity index (χ0v) is 19.2. The number of halogens is 1. The van der Waals surface area contributed by atoms with E-state index in [4.69, 9.17) is 20.4 Å². The van der Waals surface area contributed by atoms with Crippen LogP contribution in [0.3, 0.4) is 0 Å². The van der Waals surface area contributed by atoms with Crippen LogP contribution in [0.1, 0.15) is 34.3 Å². The first-order valence-electron chi connectivity index (χ1n) is 10.3. The molecule has 1 N–H and O–H groups in total. The molecule has 34 heavy (non-hydrogen) atoms. The topological polar surface area (TPSA) is 105 Å². The van der Waals surface area contributed by atoms with Gasteiger partial charge in [0.2, 0.25) is 0 Å². The Kier molecular flexibility index (Phi) is 5.72. The van der Waals surface area contributed by atoms with E-state index < -0.39 is 22.0 Å². The molecule has 0 fully saturated rings. The summed E-state index contributed by atoms with van der Waals surface area (Å²) in [6.07, 6.45) is 3.34. The number of rotatable bonds is 6. The zero-order chi connectivity index (χ0) is 23.7. The highest BCUT2D eigenvalue weighted by atomic mass is 35.5. The predicted molar refractivity (Wildman–Crippen MR) is 126 cm³/mol. The number of amides is 1. The first-order valence-corrected chi connectivity index (χ1v) is 12.1. The third-order valence-electron chi connectivity index (χ3n) is 5.28. The lowest BCUT2D eigenvalue weighted by molar-refractivity contribution is 0.0660. The molecule has 0 saturated carbocycles. The Morgan fingerprint density at radius 3 is 2.53 bits per heavy atom. The van der Waals surface area contributed by atoms with Crippen LogP contribution in [-0.4, -0.2) is 25.0 Å². The summed E-state index contributed by atoms with van der Waals surface area (Å²) in [6, 6.07) is 19.1. The number of hydrazone groups is 1. The number of hydrogen-bond donors (Lipinski definition) is 1. The van der Waals surface area contributed by atoms with E-state index in [0.717, 1.165) is 0 Å². The highest BCUT2D eigenvalue weighted by Crippen LogP contribution is 2.34. The molecule has 0 unspecified atom stereocenters. The standard InChI is InChI=1S/C24H18ClN3O5S/c25-17-6-2-8-19(14-17)34(30,31)27-18-7-1-5-16(13-18)20-15-21(22-9-3-11-32-22)28(26-20)24(29)23-10-4-12-33-23/h1-14,21,27H,15H2/t21-/m1/s1. The van der Waals surface area contributed by atoms with Gasteiger partial charge in [0.15, 0.2) is 5.76 Å². The minimum atomic E-state index is -3.84. The second kappa shape index (κ2) is 8.85. The smallest absolute Gasteiger partial charge is 0.310 e. The largest absolute Gasteiger partial charge is 0.467 e. The van der Waals surface area contributed by atoms with Crippen molar-refractivity contribution >= 4 is 38.9 Å². The molecule has 8 nitrogen and oxygen atoms in total. The number of carbonyl (C=O) groups excluding carboxylic acids is 1. The van der Waals surface area contributed by atoms with Crippen LogP contribution in [0.4, 0.5) is 5.69 Å². The number of nitrogens with zero attached hydrogens (tertiary/aromatic N) is 2. The zero-order valence-electron chi connectivity index (χ0n) is 17.6. The molecule has 0 bridgehead atoms. The summed E-state index contributed by atoms with van der Waals surface area (Å²) in [7, 11) is -3.84. The van der Waals surface area contributed by atoms with Crippen molar-refractivity contribution in [1.29, 1.82) is 0 Å². The molecular formula is C24H18ClN3O5S. The minimum Gasteiger partial charge on any atom is -0.467 e. The van der Waals surface area contributed by atoms with Crippen molar-refractivity contribution < 1.29 is 22.0 Å². The number of benzene rings is 2. The summed E-state index contributed by atoms with van der Waals surface area (Å²) >= 11 is 5.94. The Balaban J connectivity index is 1.45. The van der Waals surface area contributed by atoms with Crippen molar-refractivity contribution in [1.82, 2.24) is 5.01 Å². The Labute approximate surface area is 200 Å². The average Bonchev–Trinajstić information content (AvgIpc) is 3.60. The molecule has 172 valence electrons. The van der Waals surface area contributed by atoms with Crippen LogP contribution in [-0.2, 0) is 10.0 Å². The molecule has 2 aromatic heterocycles. The van der Waals surface area contributed by atoms with Gasteiger partial charge in [-0.3, -0.25) is 9.52 Å². The third-order valence-corrected chi connectivity index (χ3v) is 6.89. The summed E-state index contributed by atoms with van der Waals surface area (Å²) in [6.45, 7) is 0. The van der Waals surface area contributed by atoms with E-state index in [2.05, 4.69) is 9.82 Å². The van der Waals surface area contributed by atoms with E-state index in [1.165, 1.54) is 29.7 Å². The molecule has 1 amide bonds. The molecule has 4 aromatic rings. The van der Waals surface area contributed by atoms with Gasteiger partial charge < -0.3 is 8.83 Å². The summed E-state index contributed by atoms with van der Waals surface area (Å²) < 4.78 is 39.0. The number of carbonyl (C=O) groups is 1. The summed E-state index contributed by atoms with van der Waals surface area (Å²) in [5, 5.41) is 6.20. The molecule has 0 radical (unpaired) electrons. The van der Waals surface area contributed by atoms with Gasteiger partial charge in [-0.15, -0.1) is 0 Å². The van der Waals surface area contributed by atoms with Crippen molar-refractivity contribution in [3.63, 3.8) is 0 Å².